The molecule has 0 atom stereocenters. The van der Waals surface area contributed by atoms with Crippen LogP contribution in [0.5, 0.6) is 0 Å². The highest BCUT2D eigenvalue weighted by Crippen LogP contribution is 2.23. The molecule has 3 rings (SSSR count). The number of hydrogen-bond acceptors (Lipinski definition) is 5. The number of rotatable bonds is 4. The van der Waals surface area contributed by atoms with Crippen molar-refractivity contribution in [1.29, 1.82) is 0 Å². The van der Waals surface area contributed by atoms with Crippen LogP contribution >= 0.6 is 11.3 Å². The fourth-order valence-electron chi connectivity index (χ4n) is 1.69. The Hall–Kier alpha value is -2.12. The van der Waals surface area contributed by atoms with Gasteiger partial charge in [-0.1, -0.05) is 0 Å². The van der Waals surface area contributed by atoms with Gasteiger partial charge < -0.3 is 4.42 Å². The van der Waals surface area contributed by atoms with Crippen LogP contribution < -0.4 is 4.72 Å². The monoisotopic (exact) mass is 306 g/mol. The number of benzene rings is 1. The number of nitrogens with one attached hydrogen (secondary N) is 1. The molecule has 0 amide bonds. The van der Waals surface area contributed by atoms with Gasteiger partial charge in [-0.15, -0.1) is 11.3 Å². The Morgan fingerprint density at radius 3 is 2.55 bits per heavy atom. The summed E-state index contributed by atoms with van der Waals surface area (Å²) in [7, 11) is -3.60. The Morgan fingerprint density at radius 2 is 1.95 bits per heavy atom. The second kappa shape index (κ2) is 5.10. The fraction of sp³-hybridized carbons (Fsp3) is 0. The molecule has 0 aliphatic rings. The van der Waals surface area contributed by atoms with Crippen LogP contribution in [0, 0.1) is 0 Å². The van der Waals surface area contributed by atoms with Crippen LogP contribution in [-0.4, -0.2) is 13.4 Å². The van der Waals surface area contributed by atoms with Gasteiger partial charge in [-0.2, -0.15) is 0 Å². The van der Waals surface area contributed by atoms with Crippen LogP contribution in [0.3, 0.4) is 0 Å². The Morgan fingerprint density at radius 1 is 1.15 bits per heavy atom. The summed E-state index contributed by atoms with van der Waals surface area (Å²) in [5.74, 6) is 0.696. The van der Waals surface area contributed by atoms with Gasteiger partial charge in [-0.05, 0) is 36.4 Å². The van der Waals surface area contributed by atoms with Gasteiger partial charge >= 0.3 is 0 Å². The quantitative estimate of drug-likeness (QED) is 0.803. The molecular weight excluding hydrogens is 296 g/mol. The fourth-order valence-corrected chi connectivity index (χ4v) is 3.48. The summed E-state index contributed by atoms with van der Waals surface area (Å²) in [5, 5.41) is 2.05. The molecule has 0 spiro atoms. The molecule has 7 heteroatoms. The van der Waals surface area contributed by atoms with Crippen LogP contribution in [-0.2, 0) is 10.0 Å². The highest BCUT2D eigenvalue weighted by molar-refractivity contribution is 7.93. The molecule has 0 bridgehead atoms. The van der Waals surface area contributed by atoms with Crippen molar-refractivity contribution in [2.75, 3.05) is 4.72 Å². The molecule has 0 saturated heterocycles. The lowest BCUT2D eigenvalue weighted by atomic mass is 10.2. The Balaban J connectivity index is 1.87. The number of hydrogen-bond donors (Lipinski definition) is 1. The molecule has 0 fully saturated rings. The number of thiazole rings is 1. The summed E-state index contributed by atoms with van der Waals surface area (Å²) in [4.78, 5) is 4.08. The van der Waals surface area contributed by atoms with E-state index in [1.165, 1.54) is 23.5 Å². The molecule has 20 heavy (non-hydrogen) atoms. The van der Waals surface area contributed by atoms with Crippen molar-refractivity contribution in [2.24, 2.45) is 0 Å². The Kier molecular flexibility index (Phi) is 3.29. The maximum atomic E-state index is 12.1. The van der Waals surface area contributed by atoms with Crippen LogP contribution in [0.25, 0.3) is 11.3 Å². The molecule has 0 radical (unpaired) electrons. The van der Waals surface area contributed by atoms with Crippen molar-refractivity contribution in [1.82, 2.24) is 4.98 Å². The topological polar surface area (TPSA) is 72.2 Å². The molecule has 102 valence electrons. The molecule has 1 N–H and O–H groups in total. The van der Waals surface area contributed by atoms with E-state index in [0.29, 0.717) is 10.9 Å². The maximum Gasteiger partial charge on any atom is 0.263 e. The molecule has 2 heterocycles. The van der Waals surface area contributed by atoms with E-state index in [0.717, 1.165) is 5.56 Å². The Bertz CT molecular complexity index is 777. The highest BCUT2D eigenvalue weighted by Gasteiger charge is 2.15. The predicted molar refractivity (Wildman–Crippen MR) is 77.1 cm³/mol. The first kappa shape index (κ1) is 12.9. The standard InChI is InChI=1S/C13H10N2O3S2/c16-20(17,15-13-14-7-9-19-13)11-5-3-10(4-6-11)12-2-1-8-18-12/h1-9H,(H,14,15). The van der Waals surface area contributed by atoms with Crippen LogP contribution in [0.1, 0.15) is 0 Å². The zero-order valence-electron chi connectivity index (χ0n) is 10.2. The second-order valence-electron chi connectivity index (χ2n) is 3.94. The van der Waals surface area contributed by atoms with Gasteiger partial charge in [-0.25, -0.2) is 13.4 Å². The van der Waals surface area contributed by atoms with Gasteiger partial charge in [0.15, 0.2) is 5.13 Å². The zero-order valence-corrected chi connectivity index (χ0v) is 11.8. The predicted octanol–water partition coefficient (Wildman–Crippen LogP) is 3.20. The van der Waals surface area contributed by atoms with Gasteiger partial charge in [0.1, 0.15) is 5.76 Å². The molecule has 0 aliphatic carbocycles. The first-order valence-electron chi connectivity index (χ1n) is 5.71. The lowest BCUT2D eigenvalue weighted by Crippen LogP contribution is -2.12. The third-order valence-electron chi connectivity index (χ3n) is 2.62. The molecule has 0 saturated carbocycles. The molecule has 0 unspecified atom stereocenters. The van der Waals surface area contributed by atoms with Crippen molar-refractivity contribution in [2.45, 2.75) is 4.90 Å². The van der Waals surface area contributed by atoms with Gasteiger partial charge in [0.05, 0.1) is 11.2 Å². The van der Waals surface area contributed by atoms with Crippen molar-refractivity contribution >= 4 is 26.5 Å². The SMILES string of the molecule is O=S(=O)(Nc1nccs1)c1ccc(-c2ccco2)cc1. The first-order chi connectivity index (χ1) is 9.65. The summed E-state index contributed by atoms with van der Waals surface area (Å²) < 4.78 is 31.9. The maximum absolute atomic E-state index is 12.1. The minimum atomic E-state index is -3.60. The van der Waals surface area contributed by atoms with E-state index < -0.39 is 10.0 Å². The lowest BCUT2D eigenvalue weighted by molar-refractivity contribution is 0.582. The number of anilines is 1. The summed E-state index contributed by atoms with van der Waals surface area (Å²) in [6.07, 6.45) is 3.12. The van der Waals surface area contributed by atoms with E-state index in [9.17, 15) is 8.42 Å². The minimum Gasteiger partial charge on any atom is -0.464 e. The van der Waals surface area contributed by atoms with E-state index in [1.807, 2.05) is 6.07 Å². The largest absolute Gasteiger partial charge is 0.464 e. The van der Waals surface area contributed by atoms with Crippen LogP contribution in [0.2, 0.25) is 0 Å². The summed E-state index contributed by atoms with van der Waals surface area (Å²) in [6, 6.07) is 10.1. The van der Waals surface area contributed by atoms with Crippen molar-refractivity contribution in [3.8, 4) is 11.3 Å². The highest BCUT2D eigenvalue weighted by atomic mass is 32.2. The first-order valence-corrected chi connectivity index (χ1v) is 8.08. The summed E-state index contributed by atoms with van der Waals surface area (Å²) >= 11 is 1.23. The third kappa shape index (κ3) is 2.59. The van der Waals surface area contributed by atoms with Gasteiger partial charge in [0, 0.05) is 17.1 Å². The molecule has 0 aliphatic heterocycles. The van der Waals surface area contributed by atoms with E-state index in [1.54, 1.807) is 36.0 Å². The summed E-state index contributed by atoms with van der Waals surface area (Å²) in [5.41, 5.74) is 0.822. The number of furan rings is 1. The zero-order chi connectivity index (χ0) is 14.0. The third-order valence-corrected chi connectivity index (χ3v) is 4.80. The van der Waals surface area contributed by atoms with Gasteiger partial charge in [0.25, 0.3) is 10.0 Å². The smallest absolute Gasteiger partial charge is 0.263 e. The molecule has 5 nitrogen and oxygen atoms in total. The molecule has 2 aromatic heterocycles. The Labute approximate surface area is 120 Å². The number of sulfonamides is 1. The van der Waals surface area contributed by atoms with Gasteiger partial charge in [-0.3, -0.25) is 4.72 Å². The molecular formula is C13H10N2O3S2. The number of aromatic nitrogens is 1. The molecule has 1 aromatic carbocycles. The van der Waals surface area contributed by atoms with Crippen molar-refractivity contribution < 1.29 is 12.8 Å². The lowest BCUT2D eigenvalue weighted by Gasteiger charge is -2.05. The normalized spacial score (nSPS) is 11.4. The van der Waals surface area contributed by atoms with E-state index in [4.69, 9.17) is 4.42 Å². The van der Waals surface area contributed by atoms with Crippen molar-refractivity contribution in [3.05, 3.63) is 54.2 Å². The molecule has 3 aromatic rings. The average molecular weight is 306 g/mol. The van der Waals surface area contributed by atoms with Crippen LogP contribution in [0.4, 0.5) is 5.13 Å². The number of nitrogens with zero attached hydrogens (tertiary/aromatic N) is 1. The minimum absolute atomic E-state index is 0.183. The van der Waals surface area contributed by atoms with Crippen molar-refractivity contribution in [3.63, 3.8) is 0 Å². The van der Waals surface area contributed by atoms with Crippen LogP contribution in [0.15, 0.2) is 63.6 Å². The second-order valence-corrected chi connectivity index (χ2v) is 6.52. The summed E-state index contributed by atoms with van der Waals surface area (Å²) in [6.45, 7) is 0. The van der Waals surface area contributed by atoms with E-state index in [-0.39, 0.29) is 4.90 Å². The van der Waals surface area contributed by atoms with Gasteiger partial charge in [0.2, 0.25) is 0 Å². The van der Waals surface area contributed by atoms with E-state index in [2.05, 4.69) is 9.71 Å². The average Bonchev–Trinajstić information content (AvgIpc) is 3.11. The van der Waals surface area contributed by atoms with E-state index >= 15 is 0 Å².